The molecular weight excluding hydrogens is 450 g/mol. The van der Waals surface area contributed by atoms with Crippen LogP contribution in [-0.4, -0.2) is 28.0 Å². The number of esters is 1. The smallest absolute Gasteiger partial charge is 0.338 e. The normalized spacial score (nSPS) is 10.9. The highest BCUT2D eigenvalue weighted by Crippen LogP contribution is 2.28. The number of carbonyl (C=O) groups excluding carboxylic acids is 2. The highest BCUT2D eigenvalue weighted by atomic mass is 32.1. The standard InChI is InChI=1S/C26H25N3O4S/c1-3-4-13-33-26(32)19-11-8-12-20(14-19)28-23(30)22-17(2)21-24(34-22)27-16-29(25(21)31)15-18-9-6-5-7-10-18/h5-12,14,16H,3-4,13,15H2,1-2H3,(H,28,30). The number of aromatic nitrogens is 2. The Morgan fingerprint density at radius 3 is 2.68 bits per heavy atom. The van der Waals surface area contributed by atoms with Crippen LogP contribution in [0.4, 0.5) is 5.69 Å². The molecule has 4 aromatic rings. The van der Waals surface area contributed by atoms with Crippen molar-refractivity contribution < 1.29 is 14.3 Å². The molecule has 0 aliphatic rings. The van der Waals surface area contributed by atoms with Crippen LogP contribution in [0.1, 0.15) is 50.9 Å². The van der Waals surface area contributed by atoms with E-state index in [4.69, 9.17) is 4.74 Å². The molecule has 0 spiro atoms. The van der Waals surface area contributed by atoms with Crippen molar-refractivity contribution in [1.29, 1.82) is 0 Å². The minimum absolute atomic E-state index is 0.182. The molecule has 0 aliphatic carbocycles. The summed E-state index contributed by atoms with van der Waals surface area (Å²) >= 11 is 1.18. The molecule has 0 radical (unpaired) electrons. The largest absolute Gasteiger partial charge is 0.462 e. The fourth-order valence-electron chi connectivity index (χ4n) is 3.57. The van der Waals surface area contributed by atoms with Gasteiger partial charge in [0.05, 0.1) is 35.3 Å². The van der Waals surface area contributed by atoms with Gasteiger partial charge in [0.2, 0.25) is 0 Å². The number of carbonyl (C=O) groups is 2. The summed E-state index contributed by atoms with van der Waals surface area (Å²) in [5, 5.41) is 3.27. The van der Waals surface area contributed by atoms with Crippen molar-refractivity contribution >= 4 is 39.1 Å². The lowest BCUT2D eigenvalue weighted by Gasteiger charge is -2.08. The second-order valence-electron chi connectivity index (χ2n) is 7.92. The van der Waals surface area contributed by atoms with Crippen LogP contribution in [0.3, 0.4) is 0 Å². The van der Waals surface area contributed by atoms with E-state index in [-0.39, 0.29) is 11.5 Å². The molecule has 174 valence electrons. The SMILES string of the molecule is CCCCOC(=O)c1cccc(NC(=O)c2sc3ncn(Cc4ccccc4)c(=O)c3c2C)c1. The van der Waals surface area contributed by atoms with Crippen LogP contribution in [0.5, 0.6) is 0 Å². The van der Waals surface area contributed by atoms with Gasteiger partial charge in [-0.05, 0) is 42.7 Å². The number of hydrogen-bond donors (Lipinski definition) is 1. The molecule has 1 amide bonds. The van der Waals surface area contributed by atoms with E-state index in [0.717, 1.165) is 18.4 Å². The number of benzene rings is 2. The lowest BCUT2D eigenvalue weighted by atomic mass is 10.1. The van der Waals surface area contributed by atoms with Gasteiger partial charge in [0.15, 0.2) is 0 Å². The van der Waals surface area contributed by atoms with E-state index in [9.17, 15) is 14.4 Å². The van der Waals surface area contributed by atoms with Crippen LogP contribution in [-0.2, 0) is 11.3 Å². The summed E-state index contributed by atoms with van der Waals surface area (Å²) in [6.45, 7) is 4.54. The molecule has 0 unspecified atom stereocenters. The number of amides is 1. The van der Waals surface area contributed by atoms with E-state index in [1.54, 1.807) is 35.8 Å². The summed E-state index contributed by atoms with van der Waals surface area (Å²) in [5.41, 5.74) is 2.24. The minimum atomic E-state index is -0.425. The maximum atomic E-state index is 13.1. The lowest BCUT2D eigenvalue weighted by molar-refractivity contribution is 0.0499. The number of aryl methyl sites for hydroxylation is 1. The molecule has 0 bridgehead atoms. The molecule has 8 heteroatoms. The van der Waals surface area contributed by atoms with Crippen molar-refractivity contribution in [2.45, 2.75) is 33.2 Å². The number of ether oxygens (including phenoxy) is 1. The van der Waals surface area contributed by atoms with Gasteiger partial charge in [0.1, 0.15) is 4.83 Å². The van der Waals surface area contributed by atoms with Crippen LogP contribution < -0.4 is 10.9 Å². The fourth-order valence-corrected chi connectivity index (χ4v) is 4.61. The molecule has 2 aromatic carbocycles. The molecule has 0 fully saturated rings. The predicted octanol–water partition coefficient (Wildman–Crippen LogP) is 5.02. The second kappa shape index (κ2) is 10.4. The van der Waals surface area contributed by atoms with E-state index in [1.165, 1.54) is 17.7 Å². The first-order valence-electron chi connectivity index (χ1n) is 11.1. The van der Waals surface area contributed by atoms with Gasteiger partial charge in [-0.15, -0.1) is 11.3 Å². The summed E-state index contributed by atoms with van der Waals surface area (Å²) in [6, 6.07) is 16.3. The second-order valence-corrected chi connectivity index (χ2v) is 8.92. The Kier molecular flexibility index (Phi) is 7.18. The van der Waals surface area contributed by atoms with Crippen LogP contribution in [0.2, 0.25) is 0 Å². The van der Waals surface area contributed by atoms with Crippen LogP contribution >= 0.6 is 11.3 Å². The molecule has 0 atom stereocenters. The van der Waals surface area contributed by atoms with Gasteiger partial charge in [-0.3, -0.25) is 14.2 Å². The highest BCUT2D eigenvalue weighted by Gasteiger charge is 2.20. The zero-order chi connectivity index (χ0) is 24.1. The van der Waals surface area contributed by atoms with E-state index in [0.29, 0.717) is 45.1 Å². The van der Waals surface area contributed by atoms with E-state index >= 15 is 0 Å². The van der Waals surface area contributed by atoms with Gasteiger partial charge in [0, 0.05) is 5.69 Å². The third-order valence-corrected chi connectivity index (χ3v) is 6.61. The zero-order valence-electron chi connectivity index (χ0n) is 19.0. The Balaban J connectivity index is 1.56. The van der Waals surface area contributed by atoms with Crippen molar-refractivity contribution in [3.63, 3.8) is 0 Å². The molecule has 4 rings (SSSR count). The first kappa shape index (κ1) is 23.4. The molecule has 34 heavy (non-hydrogen) atoms. The third-order valence-electron chi connectivity index (χ3n) is 5.41. The lowest BCUT2D eigenvalue weighted by Crippen LogP contribution is -2.21. The van der Waals surface area contributed by atoms with E-state index in [1.807, 2.05) is 37.3 Å². The Morgan fingerprint density at radius 1 is 1.12 bits per heavy atom. The monoisotopic (exact) mass is 475 g/mol. The van der Waals surface area contributed by atoms with Gasteiger partial charge in [-0.1, -0.05) is 49.7 Å². The van der Waals surface area contributed by atoms with E-state index < -0.39 is 5.97 Å². The van der Waals surface area contributed by atoms with Crippen molar-refractivity contribution in [2.24, 2.45) is 0 Å². The third kappa shape index (κ3) is 5.07. The fraction of sp³-hybridized carbons (Fsp3) is 0.231. The predicted molar refractivity (Wildman–Crippen MR) is 134 cm³/mol. The first-order valence-corrected chi connectivity index (χ1v) is 11.9. The molecule has 0 saturated carbocycles. The van der Waals surface area contributed by atoms with Crippen LogP contribution in [0.25, 0.3) is 10.2 Å². The van der Waals surface area contributed by atoms with Crippen molar-refractivity contribution in [3.05, 3.63) is 92.8 Å². The molecule has 7 nitrogen and oxygen atoms in total. The number of nitrogens with zero attached hydrogens (tertiary/aromatic N) is 2. The van der Waals surface area contributed by atoms with Gasteiger partial charge in [0.25, 0.3) is 11.5 Å². The Hall–Kier alpha value is -3.78. The average Bonchev–Trinajstić information content (AvgIpc) is 3.19. The Morgan fingerprint density at radius 2 is 1.91 bits per heavy atom. The van der Waals surface area contributed by atoms with Gasteiger partial charge in [-0.2, -0.15) is 0 Å². The summed E-state index contributed by atoms with van der Waals surface area (Å²) < 4.78 is 6.79. The number of rotatable bonds is 8. The highest BCUT2D eigenvalue weighted by molar-refractivity contribution is 7.20. The number of thiophene rings is 1. The van der Waals surface area contributed by atoms with Crippen molar-refractivity contribution in [3.8, 4) is 0 Å². The zero-order valence-corrected chi connectivity index (χ0v) is 19.9. The summed E-state index contributed by atoms with van der Waals surface area (Å²) in [6.07, 6.45) is 3.25. The number of anilines is 1. The minimum Gasteiger partial charge on any atom is -0.462 e. The number of unbranched alkanes of at least 4 members (excludes halogenated alkanes) is 1. The summed E-state index contributed by atoms with van der Waals surface area (Å²) in [7, 11) is 0. The number of fused-ring (bicyclic) bond motifs is 1. The molecule has 2 heterocycles. The number of hydrogen-bond acceptors (Lipinski definition) is 6. The first-order chi connectivity index (χ1) is 16.5. The average molecular weight is 476 g/mol. The molecule has 0 aliphatic heterocycles. The van der Waals surface area contributed by atoms with Crippen LogP contribution in [0.15, 0.2) is 65.7 Å². The molecule has 2 aromatic heterocycles. The van der Waals surface area contributed by atoms with E-state index in [2.05, 4.69) is 10.3 Å². The molecular formula is C26H25N3O4S. The summed E-state index contributed by atoms with van der Waals surface area (Å²) in [4.78, 5) is 43.7. The maximum Gasteiger partial charge on any atom is 0.338 e. The Bertz CT molecular complexity index is 1390. The maximum absolute atomic E-state index is 13.1. The van der Waals surface area contributed by atoms with Crippen LogP contribution in [0, 0.1) is 6.92 Å². The molecule has 1 N–H and O–H groups in total. The van der Waals surface area contributed by atoms with Gasteiger partial charge < -0.3 is 10.1 Å². The van der Waals surface area contributed by atoms with Crippen molar-refractivity contribution in [1.82, 2.24) is 9.55 Å². The quantitative estimate of drug-likeness (QED) is 0.285. The summed E-state index contributed by atoms with van der Waals surface area (Å²) in [5.74, 6) is -0.781. The number of nitrogens with one attached hydrogen (secondary N) is 1. The molecule has 0 saturated heterocycles. The van der Waals surface area contributed by atoms with Gasteiger partial charge >= 0.3 is 5.97 Å². The topological polar surface area (TPSA) is 90.3 Å². The van der Waals surface area contributed by atoms with Gasteiger partial charge in [-0.25, -0.2) is 9.78 Å². The van der Waals surface area contributed by atoms with Crippen molar-refractivity contribution in [2.75, 3.05) is 11.9 Å². The Labute approximate surface area is 201 Å².